The van der Waals surface area contributed by atoms with Crippen molar-refractivity contribution in [3.63, 3.8) is 0 Å². The molecule has 0 saturated heterocycles. The van der Waals surface area contributed by atoms with E-state index in [1.807, 2.05) is 29.5 Å². The summed E-state index contributed by atoms with van der Waals surface area (Å²) in [7, 11) is 0. The van der Waals surface area contributed by atoms with E-state index >= 15 is 0 Å². The molecule has 0 radical (unpaired) electrons. The summed E-state index contributed by atoms with van der Waals surface area (Å²) in [5.74, 6) is 0.750. The van der Waals surface area contributed by atoms with E-state index in [-0.39, 0.29) is 6.04 Å². The predicted octanol–water partition coefficient (Wildman–Crippen LogP) is 13.4. The van der Waals surface area contributed by atoms with Gasteiger partial charge < -0.3 is 5.32 Å². The van der Waals surface area contributed by atoms with Gasteiger partial charge >= 0.3 is 0 Å². The number of benzene rings is 7. The average molecular weight is 700 g/mol. The molecule has 4 heterocycles. The second-order valence-electron chi connectivity index (χ2n) is 13.4. The number of hydrogen-bond donors (Lipinski definition) is 1. The number of rotatable bonds is 4. The Balaban J connectivity index is 0.976. The molecule has 5 heteroatoms. The first-order valence-corrected chi connectivity index (χ1v) is 19.2. The Hall–Kier alpha value is -6.14. The van der Waals surface area contributed by atoms with Crippen LogP contribution in [0.1, 0.15) is 17.2 Å². The van der Waals surface area contributed by atoms with Gasteiger partial charge in [-0.3, -0.25) is 0 Å². The Morgan fingerprint density at radius 2 is 1.12 bits per heavy atom. The Bertz CT molecular complexity index is 2980. The number of thiophene rings is 2. The minimum atomic E-state index is 0.0428. The number of anilines is 1. The lowest BCUT2D eigenvalue weighted by Crippen LogP contribution is -2.17. The molecule has 0 saturated carbocycles. The fourth-order valence-electron chi connectivity index (χ4n) is 7.83. The van der Waals surface area contributed by atoms with Crippen LogP contribution < -0.4 is 5.32 Å². The molecule has 1 atom stereocenters. The Kier molecular flexibility index (Phi) is 6.66. The fraction of sp³-hybridized carbons (Fsp3) is 0.0213. The lowest BCUT2D eigenvalue weighted by Gasteiger charge is -2.29. The first-order valence-electron chi connectivity index (χ1n) is 17.5. The van der Waals surface area contributed by atoms with Crippen LogP contribution in [-0.4, -0.2) is 9.97 Å². The van der Waals surface area contributed by atoms with Crippen LogP contribution in [0.5, 0.6) is 0 Å². The molecule has 3 nitrogen and oxygen atoms in total. The van der Waals surface area contributed by atoms with Gasteiger partial charge in [0.2, 0.25) is 0 Å². The lowest BCUT2D eigenvalue weighted by molar-refractivity contribution is 0.949. The normalized spacial score (nSPS) is 13.7. The smallest absolute Gasteiger partial charge is 0.160 e. The standard InChI is InChI=1S/C47H29N3S2/c1-2-11-33(12-3-1)47-49-42(46-44(50-47)36-15-7-9-17-39(36)52-46)32-24-20-29(21-25-32)28-18-22-31(23-19-28)41-40-35-14-6-8-16-38(35)51-45(40)37-27-26-30-10-4-5-13-34(30)43(37)48-41/h1-27,41,48H. The maximum absolute atomic E-state index is 5.17. The van der Waals surface area contributed by atoms with Gasteiger partial charge in [0.05, 0.1) is 27.6 Å². The van der Waals surface area contributed by atoms with E-state index in [2.05, 4.69) is 151 Å². The first kappa shape index (κ1) is 29.6. The molecule has 3 aromatic heterocycles. The second-order valence-corrected chi connectivity index (χ2v) is 15.5. The zero-order valence-electron chi connectivity index (χ0n) is 27.9. The van der Waals surface area contributed by atoms with Crippen LogP contribution in [0, 0.1) is 0 Å². The summed E-state index contributed by atoms with van der Waals surface area (Å²) in [6.07, 6.45) is 0. The lowest BCUT2D eigenvalue weighted by atomic mass is 9.88. The molecule has 1 aliphatic heterocycles. The molecule has 52 heavy (non-hydrogen) atoms. The zero-order valence-corrected chi connectivity index (χ0v) is 29.5. The fourth-order valence-corrected chi connectivity index (χ4v) is 10.3. The molecule has 0 fully saturated rings. The molecule has 0 bridgehead atoms. The van der Waals surface area contributed by atoms with Crippen LogP contribution in [-0.2, 0) is 0 Å². The van der Waals surface area contributed by atoms with Gasteiger partial charge in [0.25, 0.3) is 0 Å². The van der Waals surface area contributed by atoms with E-state index in [0.717, 1.165) is 32.9 Å². The van der Waals surface area contributed by atoms with Gasteiger partial charge in [0.1, 0.15) is 0 Å². The highest BCUT2D eigenvalue weighted by atomic mass is 32.1. The van der Waals surface area contributed by atoms with Crippen LogP contribution in [0.25, 0.3) is 85.4 Å². The van der Waals surface area contributed by atoms with Gasteiger partial charge in [0, 0.05) is 47.3 Å². The number of hydrogen-bond acceptors (Lipinski definition) is 5. The third kappa shape index (κ3) is 4.63. The molecule has 10 aromatic rings. The van der Waals surface area contributed by atoms with E-state index < -0.39 is 0 Å². The van der Waals surface area contributed by atoms with Crippen LogP contribution >= 0.6 is 22.7 Å². The van der Waals surface area contributed by atoms with Gasteiger partial charge in [-0.2, -0.15) is 0 Å². The van der Waals surface area contributed by atoms with Gasteiger partial charge in [-0.05, 0) is 39.6 Å². The third-order valence-electron chi connectivity index (χ3n) is 10.4. The van der Waals surface area contributed by atoms with Crippen molar-refractivity contribution in [2.75, 3.05) is 5.32 Å². The highest BCUT2D eigenvalue weighted by Gasteiger charge is 2.30. The molecule has 1 N–H and O–H groups in total. The number of nitrogens with zero attached hydrogens (tertiary/aromatic N) is 2. The van der Waals surface area contributed by atoms with Gasteiger partial charge in [-0.1, -0.05) is 152 Å². The first-order chi connectivity index (χ1) is 25.8. The number of nitrogens with one attached hydrogen (secondary N) is 1. The minimum absolute atomic E-state index is 0.0428. The largest absolute Gasteiger partial charge is 0.373 e. The molecular formula is C47H29N3S2. The minimum Gasteiger partial charge on any atom is -0.373 e. The summed E-state index contributed by atoms with van der Waals surface area (Å²) in [5, 5.41) is 9.02. The van der Waals surface area contributed by atoms with Crippen molar-refractivity contribution in [3.05, 3.63) is 175 Å². The van der Waals surface area contributed by atoms with Crippen molar-refractivity contribution in [2.45, 2.75) is 6.04 Å². The summed E-state index contributed by atoms with van der Waals surface area (Å²) in [4.78, 5) is 11.6. The summed E-state index contributed by atoms with van der Waals surface area (Å²) in [6, 6.07) is 58.9. The maximum atomic E-state index is 5.17. The summed E-state index contributed by atoms with van der Waals surface area (Å²) < 4.78 is 3.67. The van der Waals surface area contributed by atoms with E-state index in [4.69, 9.17) is 9.97 Å². The molecular weight excluding hydrogens is 671 g/mol. The van der Waals surface area contributed by atoms with Gasteiger partial charge in [0.15, 0.2) is 5.82 Å². The van der Waals surface area contributed by atoms with Crippen LogP contribution in [0.2, 0.25) is 0 Å². The van der Waals surface area contributed by atoms with E-state index in [9.17, 15) is 0 Å². The molecule has 244 valence electrons. The molecule has 11 rings (SSSR count). The SMILES string of the molecule is c1ccc(-c2nc(-c3ccc(-c4ccc(C5Nc6c(ccc7ccccc67)-c6sc7ccccc7c65)cc4)cc3)c3sc4ccccc4c3n2)cc1. The Labute approximate surface area is 308 Å². The topological polar surface area (TPSA) is 37.8 Å². The predicted molar refractivity (Wildman–Crippen MR) is 221 cm³/mol. The molecule has 0 amide bonds. The number of fused-ring (bicyclic) bond motifs is 10. The van der Waals surface area contributed by atoms with Crippen molar-refractivity contribution in [3.8, 4) is 44.2 Å². The van der Waals surface area contributed by atoms with E-state index in [0.29, 0.717) is 0 Å². The molecule has 0 spiro atoms. The van der Waals surface area contributed by atoms with Gasteiger partial charge in [-0.25, -0.2) is 9.97 Å². The van der Waals surface area contributed by atoms with Gasteiger partial charge in [-0.15, -0.1) is 22.7 Å². The van der Waals surface area contributed by atoms with Crippen LogP contribution in [0.3, 0.4) is 0 Å². The second kappa shape index (κ2) is 11.7. The van der Waals surface area contributed by atoms with Crippen molar-refractivity contribution in [1.82, 2.24) is 9.97 Å². The Morgan fingerprint density at radius 3 is 1.90 bits per heavy atom. The maximum Gasteiger partial charge on any atom is 0.160 e. The Morgan fingerprint density at radius 1 is 0.481 bits per heavy atom. The van der Waals surface area contributed by atoms with Crippen LogP contribution in [0.4, 0.5) is 5.69 Å². The zero-order chi connectivity index (χ0) is 34.2. The summed E-state index contributed by atoms with van der Waals surface area (Å²) in [5.41, 5.74) is 11.6. The average Bonchev–Trinajstić information content (AvgIpc) is 3.80. The monoisotopic (exact) mass is 699 g/mol. The van der Waals surface area contributed by atoms with Crippen molar-refractivity contribution < 1.29 is 0 Å². The highest BCUT2D eigenvalue weighted by Crippen LogP contribution is 2.52. The summed E-state index contributed by atoms with van der Waals surface area (Å²) in [6.45, 7) is 0. The van der Waals surface area contributed by atoms with Crippen molar-refractivity contribution >= 4 is 69.5 Å². The molecule has 0 aliphatic carbocycles. The van der Waals surface area contributed by atoms with Crippen molar-refractivity contribution in [1.29, 1.82) is 0 Å². The van der Waals surface area contributed by atoms with E-state index in [1.54, 1.807) is 11.3 Å². The van der Waals surface area contributed by atoms with Crippen molar-refractivity contribution in [2.24, 2.45) is 0 Å². The quantitative estimate of drug-likeness (QED) is 0.199. The third-order valence-corrected chi connectivity index (χ3v) is 12.8. The molecule has 1 aliphatic rings. The molecule has 1 unspecified atom stereocenters. The number of aromatic nitrogens is 2. The highest BCUT2D eigenvalue weighted by molar-refractivity contribution is 7.26. The van der Waals surface area contributed by atoms with Crippen LogP contribution in [0.15, 0.2) is 164 Å². The van der Waals surface area contributed by atoms with E-state index in [1.165, 1.54) is 69.3 Å². The molecule has 7 aromatic carbocycles. The summed E-state index contributed by atoms with van der Waals surface area (Å²) >= 11 is 3.67.